The number of hydrogen-bond donors (Lipinski definition) is 1. The number of hydrogen-bond acceptors (Lipinski definition) is 4. The highest BCUT2D eigenvalue weighted by Crippen LogP contribution is 2.39. The summed E-state index contributed by atoms with van der Waals surface area (Å²) in [6, 6.07) is 12.1. The molecule has 5 rings (SSSR count). The molecule has 0 radical (unpaired) electrons. The first-order valence-corrected chi connectivity index (χ1v) is 9.94. The fraction of sp³-hybridized carbons (Fsp3) is 0.409. The van der Waals surface area contributed by atoms with Gasteiger partial charge in [0.05, 0.1) is 6.54 Å². The van der Waals surface area contributed by atoms with Crippen LogP contribution in [0.3, 0.4) is 0 Å². The lowest BCUT2D eigenvalue weighted by atomic mass is 10.0. The minimum absolute atomic E-state index is 0. The van der Waals surface area contributed by atoms with Gasteiger partial charge in [0.15, 0.2) is 18.0 Å². The third-order valence-electron chi connectivity index (χ3n) is 5.87. The second-order valence-electron chi connectivity index (χ2n) is 7.62. The van der Waals surface area contributed by atoms with Crippen molar-refractivity contribution >= 4 is 11.5 Å². The van der Waals surface area contributed by atoms with Gasteiger partial charge in [-0.1, -0.05) is 0 Å². The molecule has 3 aliphatic heterocycles. The molecule has 0 saturated carbocycles. The summed E-state index contributed by atoms with van der Waals surface area (Å²) in [4.78, 5) is 2.17. The van der Waals surface area contributed by atoms with Crippen LogP contribution >= 0.6 is 0 Å². The fourth-order valence-electron chi connectivity index (χ4n) is 4.47. The summed E-state index contributed by atoms with van der Waals surface area (Å²) in [5, 5.41) is 11.7. The first-order chi connectivity index (χ1) is 13.6. The molecule has 2 aromatic rings. The monoisotopic (exact) mass is 462 g/mol. The molecule has 29 heavy (non-hydrogen) atoms. The number of halogens is 2. The number of ether oxygens (including phenoxy) is 2. The molecule has 0 aliphatic carbocycles. The molecular weight excluding hydrogens is 439 g/mol. The van der Waals surface area contributed by atoms with Crippen LogP contribution in [0.4, 0.5) is 10.1 Å². The molecule has 0 bridgehead atoms. The predicted molar refractivity (Wildman–Crippen MR) is 104 cm³/mol. The highest BCUT2D eigenvalue weighted by Gasteiger charge is 2.52. The van der Waals surface area contributed by atoms with Crippen molar-refractivity contribution in [3.63, 3.8) is 0 Å². The Kier molecular flexibility index (Phi) is 5.53. The average molecular weight is 463 g/mol. The lowest BCUT2D eigenvalue weighted by Crippen LogP contribution is -3.00. The van der Waals surface area contributed by atoms with Crippen molar-refractivity contribution in [1.82, 2.24) is 0 Å². The number of amidine groups is 1. The number of nitrogens with zero attached hydrogens (tertiary/aromatic N) is 2. The van der Waals surface area contributed by atoms with E-state index in [4.69, 9.17) is 9.47 Å². The van der Waals surface area contributed by atoms with Crippen LogP contribution in [-0.2, 0) is 5.72 Å². The van der Waals surface area contributed by atoms with Gasteiger partial charge in [-0.15, -0.1) is 0 Å². The molecule has 3 heterocycles. The van der Waals surface area contributed by atoms with Crippen LogP contribution < -0.4 is 31.4 Å². The molecule has 5 nitrogen and oxygen atoms in total. The Labute approximate surface area is 180 Å². The van der Waals surface area contributed by atoms with Crippen molar-refractivity contribution in [3.05, 3.63) is 53.8 Å². The van der Waals surface area contributed by atoms with E-state index in [1.54, 1.807) is 12.1 Å². The lowest BCUT2D eigenvalue weighted by molar-refractivity contribution is -0.658. The quantitative estimate of drug-likeness (QED) is 0.649. The number of fused-ring (bicyclic) bond motifs is 1. The number of β-amino-alcohol motifs (C(OH)–C–C–N with tert-alkyl or cyclic N) is 1. The van der Waals surface area contributed by atoms with E-state index in [0.717, 1.165) is 55.3 Å². The van der Waals surface area contributed by atoms with E-state index in [-0.39, 0.29) is 22.8 Å². The second kappa shape index (κ2) is 7.95. The van der Waals surface area contributed by atoms with E-state index in [1.807, 2.05) is 18.2 Å². The molecule has 0 spiro atoms. The third-order valence-corrected chi connectivity index (χ3v) is 5.87. The fourth-order valence-corrected chi connectivity index (χ4v) is 4.47. The van der Waals surface area contributed by atoms with Gasteiger partial charge in [0.25, 0.3) is 11.6 Å². The zero-order chi connectivity index (χ0) is 19.1. The Bertz CT molecular complexity index is 934. The molecule has 2 aromatic carbocycles. The van der Waals surface area contributed by atoms with E-state index >= 15 is 0 Å². The van der Waals surface area contributed by atoms with E-state index in [2.05, 4.69) is 9.48 Å². The Morgan fingerprint density at radius 1 is 0.966 bits per heavy atom. The van der Waals surface area contributed by atoms with Crippen LogP contribution in [0.2, 0.25) is 0 Å². The third kappa shape index (κ3) is 3.51. The molecular formula is C22H24BrFN2O3. The molecule has 0 aromatic heterocycles. The van der Waals surface area contributed by atoms with Crippen LogP contribution in [-0.4, -0.2) is 41.8 Å². The SMILES string of the molecule is OC1(c2ccc(F)cc2)CN(c2ccc3c(c2)OCCO3)C2=[N+]1CCCCC2.[Br-]. The first-order valence-electron chi connectivity index (χ1n) is 9.94. The summed E-state index contributed by atoms with van der Waals surface area (Å²) in [6.07, 6.45) is 4.15. The second-order valence-corrected chi connectivity index (χ2v) is 7.62. The maximum absolute atomic E-state index is 13.5. The van der Waals surface area contributed by atoms with Crippen LogP contribution in [0.5, 0.6) is 11.5 Å². The summed E-state index contributed by atoms with van der Waals surface area (Å²) < 4.78 is 27.0. The summed E-state index contributed by atoms with van der Waals surface area (Å²) in [5.41, 5.74) is 0.512. The Hall–Kier alpha value is -2.12. The Balaban J connectivity index is 0.00000205. The summed E-state index contributed by atoms with van der Waals surface area (Å²) >= 11 is 0. The van der Waals surface area contributed by atoms with Gasteiger partial charge in [0, 0.05) is 18.1 Å². The first kappa shape index (κ1) is 20.2. The van der Waals surface area contributed by atoms with Gasteiger partial charge in [0.2, 0.25) is 0 Å². The van der Waals surface area contributed by atoms with Gasteiger partial charge in [-0.3, -0.25) is 0 Å². The lowest BCUT2D eigenvalue weighted by Gasteiger charge is -2.24. The number of rotatable bonds is 2. The van der Waals surface area contributed by atoms with Crippen molar-refractivity contribution in [2.45, 2.75) is 31.4 Å². The molecule has 1 unspecified atom stereocenters. The van der Waals surface area contributed by atoms with Crippen LogP contribution in [0.15, 0.2) is 42.5 Å². The van der Waals surface area contributed by atoms with Crippen molar-refractivity contribution in [1.29, 1.82) is 0 Å². The van der Waals surface area contributed by atoms with E-state index in [0.29, 0.717) is 25.3 Å². The van der Waals surface area contributed by atoms with Gasteiger partial charge in [-0.2, -0.15) is 0 Å². The standard InChI is InChI=1S/C22H24FN2O3.BrH/c23-17-7-5-16(6-8-17)22(26)15-24(21-4-2-1-3-11-25(21)22)18-9-10-19-20(14-18)28-13-12-27-19;/h5-10,14,26H,1-4,11-13,15H2;1H/q+1;/p-1. The van der Waals surface area contributed by atoms with E-state index in [9.17, 15) is 9.50 Å². The van der Waals surface area contributed by atoms with Gasteiger partial charge in [-0.25, -0.2) is 13.9 Å². The van der Waals surface area contributed by atoms with Gasteiger partial charge >= 0.3 is 0 Å². The van der Waals surface area contributed by atoms with Crippen LogP contribution in [0.1, 0.15) is 31.2 Å². The molecule has 0 amide bonds. The van der Waals surface area contributed by atoms with Crippen LogP contribution in [0, 0.1) is 5.82 Å². The van der Waals surface area contributed by atoms with Gasteiger partial charge in [-0.05, 0) is 55.7 Å². The maximum atomic E-state index is 13.5. The Morgan fingerprint density at radius 3 is 2.52 bits per heavy atom. The number of aliphatic hydroxyl groups is 1. The molecule has 7 heteroatoms. The number of anilines is 1. The van der Waals surface area contributed by atoms with Gasteiger partial charge < -0.3 is 31.6 Å². The molecule has 1 atom stereocenters. The van der Waals surface area contributed by atoms with Crippen molar-refractivity contribution in [2.24, 2.45) is 0 Å². The minimum atomic E-state index is -1.18. The Morgan fingerprint density at radius 2 is 1.72 bits per heavy atom. The molecule has 1 N–H and O–H groups in total. The topological polar surface area (TPSA) is 44.9 Å². The average Bonchev–Trinajstić information content (AvgIpc) is 2.87. The molecule has 154 valence electrons. The summed E-state index contributed by atoms with van der Waals surface area (Å²) in [7, 11) is 0. The normalized spacial score (nSPS) is 23.3. The zero-order valence-corrected chi connectivity index (χ0v) is 17.7. The largest absolute Gasteiger partial charge is 1.00 e. The highest BCUT2D eigenvalue weighted by atomic mass is 79.9. The minimum Gasteiger partial charge on any atom is -1.00 e. The molecule has 0 saturated heterocycles. The molecule has 3 aliphatic rings. The van der Waals surface area contributed by atoms with Gasteiger partial charge in [0.1, 0.15) is 24.7 Å². The highest BCUT2D eigenvalue weighted by molar-refractivity contribution is 5.96. The van der Waals surface area contributed by atoms with Crippen molar-refractivity contribution < 1.29 is 40.5 Å². The predicted octanol–water partition coefficient (Wildman–Crippen LogP) is 0.251. The maximum Gasteiger partial charge on any atom is 0.271 e. The number of benzene rings is 2. The van der Waals surface area contributed by atoms with Crippen LogP contribution in [0.25, 0.3) is 0 Å². The molecule has 0 fully saturated rings. The van der Waals surface area contributed by atoms with E-state index in [1.165, 1.54) is 12.1 Å². The summed E-state index contributed by atoms with van der Waals surface area (Å²) in [5.74, 6) is 2.31. The zero-order valence-electron chi connectivity index (χ0n) is 16.1. The summed E-state index contributed by atoms with van der Waals surface area (Å²) in [6.45, 7) is 2.28. The van der Waals surface area contributed by atoms with E-state index < -0.39 is 5.72 Å². The smallest absolute Gasteiger partial charge is 0.271 e. The van der Waals surface area contributed by atoms with Crippen molar-refractivity contribution in [3.8, 4) is 11.5 Å². The van der Waals surface area contributed by atoms with Crippen molar-refractivity contribution in [2.75, 3.05) is 31.2 Å².